The Morgan fingerprint density at radius 2 is 2.24 bits per heavy atom. The van der Waals surface area contributed by atoms with E-state index >= 15 is 0 Å². The van der Waals surface area contributed by atoms with Crippen molar-refractivity contribution in [2.45, 2.75) is 38.8 Å². The maximum atomic E-state index is 12.2. The lowest BCUT2D eigenvalue weighted by Crippen LogP contribution is -2.52. The Morgan fingerprint density at radius 3 is 2.71 bits per heavy atom. The summed E-state index contributed by atoms with van der Waals surface area (Å²) >= 11 is 0. The molecule has 1 aliphatic heterocycles. The second-order valence-electron chi connectivity index (χ2n) is 4.50. The van der Waals surface area contributed by atoms with Gasteiger partial charge in [0.2, 0.25) is 12.3 Å². The van der Waals surface area contributed by atoms with Gasteiger partial charge in [0.1, 0.15) is 13.5 Å². The van der Waals surface area contributed by atoms with Crippen LogP contribution in [0.1, 0.15) is 28.1 Å². The highest BCUT2D eigenvalue weighted by atomic mass is 16.4. The first-order valence-electron chi connectivity index (χ1n) is 6.15. The topological polar surface area (TPSA) is 86.7 Å². The average molecular weight is 243 g/mol. The van der Waals surface area contributed by atoms with Crippen molar-refractivity contribution in [2.24, 2.45) is 5.92 Å². The number of carbonyl (C=O) groups is 3. The predicted molar refractivity (Wildman–Crippen MR) is 60.2 cm³/mol. The van der Waals surface area contributed by atoms with E-state index in [1.54, 1.807) is 13.8 Å². The fourth-order valence-corrected chi connectivity index (χ4v) is 2.04. The van der Waals surface area contributed by atoms with E-state index < -0.39 is 30.3 Å². The number of nitrogens with one attached hydrogen (secondary N) is 1. The molecule has 0 aromatic carbocycles. The Kier molecular flexibility index (Phi) is 3.95. The number of amides is 2. The number of aliphatic carboxylic acids is 1. The van der Waals surface area contributed by atoms with Gasteiger partial charge < -0.3 is 15.3 Å². The van der Waals surface area contributed by atoms with Crippen LogP contribution >= 0.6 is 0 Å². The molecule has 0 aromatic heterocycles. The van der Waals surface area contributed by atoms with Gasteiger partial charge in [-0.3, -0.25) is 9.59 Å². The third-order valence-corrected chi connectivity index (χ3v) is 2.97. The Balaban J connectivity index is 2.82. The van der Waals surface area contributed by atoms with E-state index in [0.717, 1.165) is 0 Å². The molecule has 0 aromatic rings. The normalized spacial score (nSPS) is 22.2. The van der Waals surface area contributed by atoms with Crippen LogP contribution in [0.3, 0.4) is 0 Å². The molecule has 1 aliphatic rings. The van der Waals surface area contributed by atoms with Gasteiger partial charge in [0.25, 0.3) is 0 Å². The molecule has 2 amide bonds. The zero-order valence-electron chi connectivity index (χ0n) is 11.0. The summed E-state index contributed by atoms with van der Waals surface area (Å²) in [5.74, 6) is -1.64. The smallest absolute Gasteiger partial charge is 0.326 e. The van der Waals surface area contributed by atoms with Crippen molar-refractivity contribution in [1.29, 1.82) is 0 Å². The molecule has 1 rings (SSSR count). The van der Waals surface area contributed by atoms with Crippen molar-refractivity contribution in [3.05, 3.63) is 0 Å². The van der Waals surface area contributed by atoms with Crippen LogP contribution in [0.25, 0.3) is 0 Å². The van der Waals surface area contributed by atoms with Crippen LogP contribution in [0.2, 0.25) is 0 Å². The third kappa shape index (κ3) is 2.95. The molecule has 2 atom stereocenters. The van der Waals surface area contributed by atoms with Gasteiger partial charge in [-0.25, -0.2) is 4.79 Å². The summed E-state index contributed by atoms with van der Waals surface area (Å²) in [7, 11) is 0. The third-order valence-electron chi connectivity index (χ3n) is 2.97. The molecule has 0 bridgehead atoms. The summed E-state index contributed by atoms with van der Waals surface area (Å²) in [6, 6.07) is -1.66. The van der Waals surface area contributed by atoms with Gasteiger partial charge >= 0.3 is 5.97 Å². The van der Waals surface area contributed by atoms with Crippen molar-refractivity contribution in [3.63, 3.8) is 0 Å². The molecule has 1 heterocycles. The second kappa shape index (κ2) is 5.65. The molecule has 0 spiro atoms. The van der Waals surface area contributed by atoms with Gasteiger partial charge in [-0.15, -0.1) is 0 Å². The maximum absolute atomic E-state index is 12.2. The van der Waals surface area contributed by atoms with E-state index in [1.165, 1.54) is 4.90 Å². The average Bonchev–Trinajstić information content (AvgIpc) is 2.73. The number of nitrogens with zero attached hydrogens (tertiary/aromatic N) is 1. The molecule has 1 saturated heterocycles. The van der Waals surface area contributed by atoms with Crippen LogP contribution in [0.4, 0.5) is 0 Å². The first kappa shape index (κ1) is 11.9. The molecule has 1 fully saturated rings. The van der Waals surface area contributed by atoms with Gasteiger partial charge in [0, 0.05) is 6.54 Å². The van der Waals surface area contributed by atoms with E-state index in [9.17, 15) is 14.4 Å². The van der Waals surface area contributed by atoms with Crippen LogP contribution in [-0.2, 0) is 14.4 Å². The molecule has 0 aliphatic carbocycles. The van der Waals surface area contributed by atoms with Gasteiger partial charge in [-0.05, 0) is 18.8 Å². The lowest BCUT2D eigenvalue weighted by molar-refractivity contribution is -0.149. The Morgan fingerprint density at radius 1 is 1.59 bits per heavy atom. The molecule has 6 heteroatoms. The van der Waals surface area contributed by atoms with E-state index in [0.29, 0.717) is 19.4 Å². The summed E-state index contributed by atoms with van der Waals surface area (Å²) in [4.78, 5) is 35.3. The summed E-state index contributed by atoms with van der Waals surface area (Å²) in [5.41, 5.74) is 0. The van der Waals surface area contributed by atoms with Crippen LogP contribution in [-0.4, -0.2) is 46.9 Å². The predicted octanol–water partition coefficient (Wildman–Crippen LogP) is -0.167. The number of rotatable bonds is 4. The highest BCUT2D eigenvalue weighted by Crippen LogP contribution is 2.20. The van der Waals surface area contributed by atoms with Gasteiger partial charge in [-0.2, -0.15) is 0 Å². The van der Waals surface area contributed by atoms with Crippen molar-refractivity contribution in [1.82, 2.24) is 10.2 Å². The number of hydrogen-bond acceptors (Lipinski definition) is 3. The largest absolute Gasteiger partial charge is 0.480 e. The lowest BCUT2D eigenvalue weighted by atomic mass is 10.0. The molecular weight excluding hydrogens is 224 g/mol. The number of carboxylic acids is 1. The van der Waals surface area contributed by atoms with Crippen LogP contribution < -0.4 is 5.32 Å². The first-order valence-corrected chi connectivity index (χ1v) is 5.65. The minimum Gasteiger partial charge on any atom is -0.480 e. The summed E-state index contributed by atoms with van der Waals surface area (Å²) < 4.78 is 6.86. The van der Waals surface area contributed by atoms with Crippen molar-refractivity contribution in [2.75, 3.05) is 6.54 Å². The highest BCUT2D eigenvalue weighted by Gasteiger charge is 2.37. The molecule has 6 nitrogen and oxygen atoms in total. The molecule has 0 radical (unpaired) electrons. The monoisotopic (exact) mass is 243 g/mol. The van der Waals surface area contributed by atoms with Gasteiger partial charge in [0.05, 0.1) is 0 Å². The minimum absolute atomic E-state index is 0.193. The van der Waals surface area contributed by atoms with E-state index in [-0.39, 0.29) is 5.92 Å². The summed E-state index contributed by atoms with van der Waals surface area (Å²) in [6.45, 7) is 3.86. The Bertz CT molecular complexity index is 355. The van der Waals surface area contributed by atoms with Crippen molar-refractivity contribution >= 4 is 18.3 Å². The van der Waals surface area contributed by atoms with Crippen LogP contribution in [0, 0.1) is 5.92 Å². The van der Waals surface area contributed by atoms with Crippen molar-refractivity contribution < 1.29 is 20.9 Å². The first-order chi connectivity index (χ1) is 8.34. The summed E-state index contributed by atoms with van der Waals surface area (Å²) in [5, 5.41) is 11.3. The van der Waals surface area contributed by atoms with Crippen molar-refractivity contribution in [3.8, 4) is 0 Å². The highest BCUT2D eigenvalue weighted by molar-refractivity contribution is 5.88. The zero-order valence-corrected chi connectivity index (χ0v) is 9.97. The minimum atomic E-state index is -1.03. The number of hydrogen-bond donors (Lipinski definition) is 2. The summed E-state index contributed by atoms with van der Waals surface area (Å²) in [6.07, 6.45) is 0.0383. The quantitative estimate of drug-likeness (QED) is 0.671. The fraction of sp³-hybridized carbons (Fsp3) is 0.727. The molecule has 0 saturated carbocycles. The fourth-order valence-electron chi connectivity index (χ4n) is 2.04. The number of carbonyl (C=O) groups excluding carboxylic acids is 2. The van der Waals surface area contributed by atoms with Gasteiger partial charge in [0.15, 0.2) is 0 Å². The SMILES string of the molecule is [2H]C(=O)N[C@H](C(=O)N1CCC[C@H]1C(=O)O)C(C)C. The second-order valence-corrected chi connectivity index (χ2v) is 4.50. The maximum Gasteiger partial charge on any atom is 0.326 e. The van der Waals surface area contributed by atoms with Crippen LogP contribution in [0.5, 0.6) is 0 Å². The molecule has 17 heavy (non-hydrogen) atoms. The number of likely N-dealkylation sites (tertiary alicyclic amines) is 1. The molecular formula is C11H18N2O4. The zero-order chi connectivity index (χ0) is 13.9. The standard InChI is InChI=1S/C11H18N2O4/c1-7(2)9(12-6-14)10(15)13-5-3-4-8(13)11(16)17/h6-9H,3-5H2,1-2H3,(H,12,14)(H,16,17)/t8-,9-/m0/s1/i6D. The van der Waals surface area contributed by atoms with E-state index in [1.807, 2.05) is 0 Å². The molecule has 96 valence electrons. The lowest BCUT2D eigenvalue weighted by Gasteiger charge is -2.28. The Hall–Kier alpha value is -1.59. The molecule has 0 unspecified atom stereocenters. The Labute approximate surface area is 101 Å². The van der Waals surface area contributed by atoms with E-state index in [2.05, 4.69) is 5.32 Å². The van der Waals surface area contributed by atoms with Crippen LogP contribution in [0.15, 0.2) is 0 Å². The number of carboxylic acid groups (broad SMARTS) is 1. The molecule has 2 N–H and O–H groups in total. The van der Waals surface area contributed by atoms with Gasteiger partial charge in [-0.1, -0.05) is 13.8 Å². The van der Waals surface area contributed by atoms with E-state index in [4.69, 9.17) is 6.48 Å².